The zero-order valence-electron chi connectivity index (χ0n) is 16.1. The standard InChI is InChI=1S/C22H25N3O4/c23-20-11-12-25(22(26)24-20)21(17-28-16-19-9-5-2-6-10-19)29-14-13-27-15-18-7-3-1-4-8-18/h1-12,21H,13-17H2,(H2,23,24,26). The minimum absolute atomic E-state index is 0.168. The lowest BCUT2D eigenvalue weighted by molar-refractivity contribution is -0.0805. The van der Waals surface area contributed by atoms with Gasteiger partial charge in [0.05, 0.1) is 33.0 Å². The molecule has 0 bridgehead atoms. The maximum Gasteiger partial charge on any atom is 0.351 e. The van der Waals surface area contributed by atoms with Crippen molar-refractivity contribution in [1.29, 1.82) is 0 Å². The highest BCUT2D eigenvalue weighted by atomic mass is 16.6. The Labute approximate surface area is 169 Å². The van der Waals surface area contributed by atoms with E-state index >= 15 is 0 Å². The zero-order valence-corrected chi connectivity index (χ0v) is 16.1. The van der Waals surface area contributed by atoms with Crippen molar-refractivity contribution < 1.29 is 14.2 Å². The van der Waals surface area contributed by atoms with Gasteiger partial charge in [-0.1, -0.05) is 60.7 Å². The van der Waals surface area contributed by atoms with Crippen LogP contribution in [0, 0.1) is 0 Å². The summed E-state index contributed by atoms with van der Waals surface area (Å²) in [6.45, 7) is 1.81. The summed E-state index contributed by atoms with van der Waals surface area (Å²) >= 11 is 0. The minimum atomic E-state index is -0.625. The molecule has 3 aromatic rings. The third-order valence-electron chi connectivity index (χ3n) is 4.18. The Morgan fingerprint density at radius 2 is 1.48 bits per heavy atom. The summed E-state index contributed by atoms with van der Waals surface area (Å²) in [5, 5.41) is 0. The zero-order chi connectivity index (χ0) is 20.3. The number of ether oxygens (including phenoxy) is 3. The average Bonchev–Trinajstić information content (AvgIpc) is 2.74. The fourth-order valence-corrected chi connectivity index (χ4v) is 2.71. The Hall–Kier alpha value is -3.00. The van der Waals surface area contributed by atoms with Crippen molar-refractivity contribution >= 4 is 5.82 Å². The molecule has 0 aliphatic carbocycles. The lowest BCUT2D eigenvalue weighted by Gasteiger charge is -2.20. The number of nitrogens with zero attached hydrogens (tertiary/aromatic N) is 2. The van der Waals surface area contributed by atoms with E-state index in [2.05, 4.69) is 4.98 Å². The highest BCUT2D eigenvalue weighted by Crippen LogP contribution is 2.10. The van der Waals surface area contributed by atoms with Gasteiger partial charge in [-0.25, -0.2) is 4.79 Å². The second-order valence-corrected chi connectivity index (χ2v) is 6.41. The van der Waals surface area contributed by atoms with Crippen LogP contribution in [0.2, 0.25) is 0 Å². The summed E-state index contributed by atoms with van der Waals surface area (Å²) < 4.78 is 18.6. The molecule has 1 aromatic heterocycles. The molecule has 0 aliphatic rings. The van der Waals surface area contributed by atoms with Crippen molar-refractivity contribution in [1.82, 2.24) is 9.55 Å². The van der Waals surface area contributed by atoms with E-state index in [0.717, 1.165) is 11.1 Å². The highest BCUT2D eigenvalue weighted by Gasteiger charge is 2.14. The van der Waals surface area contributed by atoms with Gasteiger partial charge < -0.3 is 19.9 Å². The van der Waals surface area contributed by atoms with Gasteiger partial charge in [0.2, 0.25) is 0 Å². The number of benzene rings is 2. The molecule has 0 saturated carbocycles. The van der Waals surface area contributed by atoms with Crippen molar-refractivity contribution in [2.45, 2.75) is 19.4 Å². The molecule has 0 spiro atoms. The molecule has 29 heavy (non-hydrogen) atoms. The van der Waals surface area contributed by atoms with Gasteiger partial charge in [0.25, 0.3) is 0 Å². The van der Waals surface area contributed by atoms with Crippen LogP contribution in [0.1, 0.15) is 17.4 Å². The van der Waals surface area contributed by atoms with Gasteiger partial charge in [-0.3, -0.25) is 4.57 Å². The Morgan fingerprint density at radius 1 is 0.862 bits per heavy atom. The molecule has 0 saturated heterocycles. The first-order valence-corrected chi connectivity index (χ1v) is 9.42. The van der Waals surface area contributed by atoms with Crippen LogP contribution >= 0.6 is 0 Å². The number of aromatic nitrogens is 2. The predicted molar refractivity (Wildman–Crippen MR) is 110 cm³/mol. The fourth-order valence-electron chi connectivity index (χ4n) is 2.71. The van der Waals surface area contributed by atoms with E-state index in [1.807, 2.05) is 60.7 Å². The molecule has 2 aromatic carbocycles. The Bertz CT molecular complexity index is 916. The second kappa shape index (κ2) is 11.1. The van der Waals surface area contributed by atoms with Crippen molar-refractivity contribution in [3.63, 3.8) is 0 Å². The number of rotatable bonds is 11. The summed E-state index contributed by atoms with van der Waals surface area (Å²) in [5.41, 5.74) is 7.23. The molecule has 0 aliphatic heterocycles. The van der Waals surface area contributed by atoms with E-state index in [9.17, 15) is 4.79 Å². The third-order valence-corrected chi connectivity index (χ3v) is 4.18. The van der Waals surface area contributed by atoms with E-state index in [1.54, 1.807) is 12.3 Å². The molecule has 0 amide bonds. The highest BCUT2D eigenvalue weighted by molar-refractivity contribution is 5.23. The van der Waals surface area contributed by atoms with Gasteiger partial charge in [-0.2, -0.15) is 4.98 Å². The Morgan fingerprint density at radius 3 is 2.10 bits per heavy atom. The molecule has 0 radical (unpaired) electrons. The van der Waals surface area contributed by atoms with Gasteiger partial charge in [0.15, 0.2) is 6.23 Å². The largest absolute Gasteiger partial charge is 0.383 e. The van der Waals surface area contributed by atoms with E-state index in [-0.39, 0.29) is 12.4 Å². The first kappa shape index (κ1) is 20.7. The quantitative estimate of drug-likeness (QED) is 0.502. The van der Waals surface area contributed by atoms with E-state index in [1.165, 1.54) is 4.57 Å². The molecular weight excluding hydrogens is 370 g/mol. The molecule has 2 N–H and O–H groups in total. The minimum Gasteiger partial charge on any atom is -0.383 e. The fraction of sp³-hybridized carbons (Fsp3) is 0.273. The number of anilines is 1. The van der Waals surface area contributed by atoms with Crippen LogP contribution in [0.15, 0.2) is 77.7 Å². The van der Waals surface area contributed by atoms with Crippen LogP contribution < -0.4 is 11.4 Å². The predicted octanol–water partition coefficient (Wildman–Crippen LogP) is 2.77. The number of nitrogen functional groups attached to an aromatic ring is 1. The van der Waals surface area contributed by atoms with Gasteiger partial charge >= 0.3 is 5.69 Å². The van der Waals surface area contributed by atoms with Crippen LogP contribution in [0.5, 0.6) is 0 Å². The Balaban J connectivity index is 1.53. The van der Waals surface area contributed by atoms with Crippen LogP contribution in [0.3, 0.4) is 0 Å². The van der Waals surface area contributed by atoms with Crippen LogP contribution in [0.4, 0.5) is 5.82 Å². The summed E-state index contributed by atoms with van der Waals surface area (Å²) in [6.07, 6.45) is 0.936. The summed E-state index contributed by atoms with van der Waals surface area (Å²) in [7, 11) is 0. The number of hydrogen-bond acceptors (Lipinski definition) is 6. The van der Waals surface area contributed by atoms with Gasteiger partial charge in [-0.05, 0) is 17.2 Å². The third kappa shape index (κ3) is 6.83. The van der Waals surface area contributed by atoms with Crippen molar-refractivity contribution in [3.05, 3.63) is 94.5 Å². The van der Waals surface area contributed by atoms with Crippen molar-refractivity contribution in [3.8, 4) is 0 Å². The normalized spacial score (nSPS) is 12.0. The van der Waals surface area contributed by atoms with E-state index in [4.69, 9.17) is 19.9 Å². The van der Waals surface area contributed by atoms with Crippen LogP contribution in [0.25, 0.3) is 0 Å². The second-order valence-electron chi connectivity index (χ2n) is 6.41. The molecule has 7 heteroatoms. The molecular formula is C22H25N3O4. The average molecular weight is 395 g/mol. The summed E-state index contributed by atoms with van der Waals surface area (Å²) in [5.74, 6) is 0.168. The SMILES string of the molecule is Nc1ccn(C(COCc2ccccc2)OCCOCc2ccccc2)c(=O)n1. The number of nitrogens with two attached hydrogens (primary N) is 1. The molecule has 3 rings (SSSR count). The maximum absolute atomic E-state index is 12.2. The van der Waals surface area contributed by atoms with Gasteiger partial charge in [0, 0.05) is 6.20 Å². The van der Waals surface area contributed by atoms with Crippen LogP contribution in [-0.4, -0.2) is 29.4 Å². The molecule has 1 unspecified atom stereocenters. The summed E-state index contributed by atoms with van der Waals surface area (Å²) in [4.78, 5) is 16.0. The molecule has 152 valence electrons. The van der Waals surface area contributed by atoms with E-state index in [0.29, 0.717) is 26.4 Å². The molecule has 1 heterocycles. The Kier molecular flexibility index (Phi) is 7.94. The first-order valence-electron chi connectivity index (χ1n) is 9.42. The lowest BCUT2D eigenvalue weighted by atomic mass is 10.2. The molecule has 7 nitrogen and oxygen atoms in total. The van der Waals surface area contributed by atoms with Crippen LogP contribution in [-0.2, 0) is 27.4 Å². The van der Waals surface area contributed by atoms with Crippen molar-refractivity contribution in [2.75, 3.05) is 25.6 Å². The summed E-state index contributed by atoms with van der Waals surface area (Å²) in [6, 6.07) is 21.3. The number of hydrogen-bond donors (Lipinski definition) is 1. The first-order chi connectivity index (χ1) is 14.2. The maximum atomic E-state index is 12.2. The van der Waals surface area contributed by atoms with Gasteiger partial charge in [0.1, 0.15) is 5.82 Å². The monoisotopic (exact) mass is 395 g/mol. The van der Waals surface area contributed by atoms with Crippen molar-refractivity contribution in [2.24, 2.45) is 0 Å². The van der Waals surface area contributed by atoms with E-state index < -0.39 is 11.9 Å². The molecule has 0 fully saturated rings. The lowest BCUT2D eigenvalue weighted by Crippen LogP contribution is -2.32. The topological polar surface area (TPSA) is 88.6 Å². The van der Waals surface area contributed by atoms with Gasteiger partial charge in [-0.15, -0.1) is 0 Å². The molecule has 1 atom stereocenters. The smallest absolute Gasteiger partial charge is 0.351 e.